The zero-order chi connectivity index (χ0) is 17.4. The minimum atomic E-state index is -0.542. The normalized spacial score (nSPS) is 10.6. The molecule has 2 rings (SSSR count). The maximum atomic E-state index is 13.4. The Kier molecular flexibility index (Phi) is 6.13. The van der Waals surface area contributed by atoms with Gasteiger partial charge in [-0.1, -0.05) is 24.3 Å². The number of rotatable bonds is 6. The molecule has 24 heavy (non-hydrogen) atoms. The Hall–Kier alpha value is -3.09. The second-order valence-corrected chi connectivity index (χ2v) is 4.87. The zero-order valence-electron chi connectivity index (χ0n) is 12.6. The number of carbonyl (C=O) groups is 2. The van der Waals surface area contributed by atoms with Crippen LogP contribution in [0.3, 0.4) is 0 Å². The zero-order valence-corrected chi connectivity index (χ0v) is 12.6. The van der Waals surface area contributed by atoms with Gasteiger partial charge >= 0.3 is 0 Å². The van der Waals surface area contributed by atoms with Crippen molar-refractivity contribution in [1.29, 1.82) is 0 Å². The summed E-state index contributed by atoms with van der Waals surface area (Å²) >= 11 is 0. The molecule has 0 spiro atoms. The molecule has 0 heterocycles. The average molecular weight is 331 g/mol. The third-order valence-electron chi connectivity index (χ3n) is 3.00. The van der Waals surface area contributed by atoms with Crippen molar-refractivity contribution in [1.82, 2.24) is 5.43 Å². The van der Waals surface area contributed by atoms with Crippen LogP contribution in [0.2, 0.25) is 0 Å². The fourth-order valence-corrected chi connectivity index (χ4v) is 1.79. The number of hydrogen-bond acceptors (Lipinski definition) is 3. The molecule has 0 radical (unpaired) electrons. The second kappa shape index (κ2) is 8.52. The van der Waals surface area contributed by atoms with Crippen LogP contribution in [0.25, 0.3) is 0 Å². The highest BCUT2D eigenvalue weighted by molar-refractivity contribution is 5.93. The van der Waals surface area contributed by atoms with E-state index < -0.39 is 17.6 Å². The molecule has 0 unspecified atom stereocenters. The molecule has 0 aromatic heterocycles. The van der Waals surface area contributed by atoms with E-state index in [-0.39, 0.29) is 24.3 Å². The van der Waals surface area contributed by atoms with Crippen molar-refractivity contribution in [3.63, 3.8) is 0 Å². The molecule has 0 aliphatic carbocycles. The minimum Gasteiger partial charge on any atom is -0.324 e. The van der Waals surface area contributed by atoms with E-state index in [4.69, 9.17) is 0 Å². The van der Waals surface area contributed by atoms with Crippen LogP contribution in [0.4, 0.5) is 14.5 Å². The molecule has 2 aromatic carbocycles. The number of carbonyl (C=O) groups excluding carboxylic acids is 2. The van der Waals surface area contributed by atoms with Gasteiger partial charge in [0, 0.05) is 12.8 Å². The molecule has 5 nitrogen and oxygen atoms in total. The predicted octanol–water partition coefficient (Wildman–Crippen LogP) is 2.83. The highest BCUT2D eigenvalue weighted by Gasteiger charge is 2.08. The van der Waals surface area contributed by atoms with Crippen molar-refractivity contribution in [3.05, 3.63) is 65.7 Å². The lowest BCUT2D eigenvalue weighted by Gasteiger charge is -2.05. The molecule has 0 saturated heterocycles. The van der Waals surface area contributed by atoms with E-state index in [9.17, 15) is 18.4 Å². The summed E-state index contributed by atoms with van der Waals surface area (Å²) in [6, 6.07) is 11.3. The fourth-order valence-electron chi connectivity index (χ4n) is 1.79. The summed E-state index contributed by atoms with van der Waals surface area (Å²) in [6.45, 7) is 0. The Balaban J connectivity index is 1.73. The topological polar surface area (TPSA) is 70.6 Å². The van der Waals surface area contributed by atoms with Gasteiger partial charge in [0.15, 0.2) is 0 Å². The smallest absolute Gasteiger partial charge is 0.240 e. The van der Waals surface area contributed by atoms with Crippen LogP contribution >= 0.6 is 0 Å². The molecule has 0 saturated carbocycles. The number of hydrazone groups is 1. The van der Waals surface area contributed by atoms with Crippen LogP contribution in [0.1, 0.15) is 18.4 Å². The average Bonchev–Trinajstić information content (AvgIpc) is 2.57. The molecule has 0 atom stereocenters. The molecule has 7 heteroatoms. The first kappa shape index (κ1) is 17.3. The van der Waals surface area contributed by atoms with Crippen LogP contribution in [0, 0.1) is 11.6 Å². The SMILES string of the molecule is O=C(CCC(=O)Nc1ccccc1F)NN=Cc1ccc(F)cc1. The van der Waals surface area contributed by atoms with Gasteiger partial charge in [0.25, 0.3) is 0 Å². The van der Waals surface area contributed by atoms with E-state index in [1.807, 2.05) is 0 Å². The standard InChI is InChI=1S/C17H15F2N3O2/c18-13-7-5-12(6-8-13)11-20-22-17(24)10-9-16(23)21-15-4-2-1-3-14(15)19/h1-8,11H,9-10H2,(H,21,23)(H,22,24). The third-order valence-corrected chi connectivity index (χ3v) is 3.00. The van der Waals surface area contributed by atoms with Crippen molar-refractivity contribution in [2.75, 3.05) is 5.32 Å². The number of nitrogens with one attached hydrogen (secondary N) is 2. The largest absolute Gasteiger partial charge is 0.324 e. The summed E-state index contributed by atoms with van der Waals surface area (Å²) in [5.74, 6) is -1.84. The van der Waals surface area contributed by atoms with Crippen molar-refractivity contribution in [3.8, 4) is 0 Å². The van der Waals surface area contributed by atoms with Gasteiger partial charge in [0.2, 0.25) is 11.8 Å². The lowest BCUT2D eigenvalue weighted by molar-refractivity contribution is -0.124. The first-order valence-corrected chi connectivity index (χ1v) is 7.16. The molecule has 124 valence electrons. The monoisotopic (exact) mass is 331 g/mol. The number of benzene rings is 2. The van der Waals surface area contributed by atoms with Crippen LogP contribution < -0.4 is 10.7 Å². The molecule has 0 aliphatic rings. The van der Waals surface area contributed by atoms with Gasteiger partial charge in [-0.05, 0) is 29.8 Å². The fraction of sp³-hybridized carbons (Fsp3) is 0.118. The van der Waals surface area contributed by atoms with E-state index in [1.54, 1.807) is 6.07 Å². The van der Waals surface area contributed by atoms with Gasteiger partial charge in [-0.2, -0.15) is 5.10 Å². The van der Waals surface area contributed by atoms with Crippen molar-refractivity contribution >= 4 is 23.7 Å². The Morgan fingerprint density at radius 2 is 1.62 bits per heavy atom. The summed E-state index contributed by atoms with van der Waals surface area (Å²) in [6.07, 6.45) is 1.16. The first-order chi connectivity index (χ1) is 11.5. The quantitative estimate of drug-likeness (QED) is 0.631. The number of amides is 2. The molecular formula is C17H15F2N3O2. The minimum absolute atomic E-state index is 0.0669. The molecule has 2 amide bonds. The van der Waals surface area contributed by atoms with Crippen LogP contribution in [-0.2, 0) is 9.59 Å². The Morgan fingerprint density at radius 1 is 0.958 bits per heavy atom. The van der Waals surface area contributed by atoms with Crippen molar-refractivity contribution < 1.29 is 18.4 Å². The number of para-hydroxylation sites is 1. The van der Waals surface area contributed by atoms with Crippen LogP contribution in [-0.4, -0.2) is 18.0 Å². The molecule has 0 bridgehead atoms. The van der Waals surface area contributed by atoms with Gasteiger partial charge in [-0.25, -0.2) is 14.2 Å². The Labute approximate surface area is 137 Å². The third kappa shape index (κ3) is 5.60. The van der Waals surface area contributed by atoms with Gasteiger partial charge in [-0.15, -0.1) is 0 Å². The van der Waals surface area contributed by atoms with E-state index in [2.05, 4.69) is 15.8 Å². The summed E-state index contributed by atoms with van der Waals surface area (Å²) in [4.78, 5) is 23.2. The maximum absolute atomic E-state index is 13.4. The van der Waals surface area contributed by atoms with E-state index in [1.165, 1.54) is 48.7 Å². The van der Waals surface area contributed by atoms with Crippen molar-refractivity contribution in [2.24, 2.45) is 5.10 Å². The second-order valence-electron chi connectivity index (χ2n) is 4.87. The summed E-state index contributed by atoms with van der Waals surface area (Å²) in [7, 11) is 0. The van der Waals surface area contributed by atoms with E-state index in [0.29, 0.717) is 5.56 Å². The molecule has 2 N–H and O–H groups in total. The number of hydrogen-bond donors (Lipinski definition) is 2. The highest BCUT2D eigenvalue weighted by atomic mass is 19.1. The van der Waals surface area contributed by atoms with Gasteiger partial charge in [0.05, 0.1) is 11.9 Å². The highest BCUT2D eigenvalue weighted by Crippen LogP contribution is 2.12. The number of anilines is 1. The van der Waals surface area contributed by atoms with Gasteiger partial charge in [-0.3, -0.25) is 9.59 Å². The van der Waals surface area contributed by atoms with Crippen LogP contribution in [0.15, 0.2) is 53.6 Å². The summed E-state index contributed by atoms with van der Waals surface area (Å²) in [5, 5.41) is 6.09. The Morgan fingerprint density at radius 3 is 2.33 bits per heavy atom. The van der Waals surface area contributed by atoms with E-state index >= 15 is 0 Å². The lowest BCUT2D eigenvalue weighted by atomic mass is 10.2. The van der Waals surface area contributed by atoms with Gasteiger partial charge in [0.1, 0.15) is 11.6 Å². The Bertz CT molecular complexity index is 746. The van der Waals surface area contributed by atoms with E-state index in [0.717, 1.165) is 0 Å². The lowest BCUT2D eigenvalue weighted by Crippen LogP contribution is -2.20. The molecular weight excluding hydrogens is 316 g/mol. The van der Waals surface area contributed by atoms with Crippen LogP contribution in [0.5, 0.6) is 0 Å². The van der Waals surface area contributed by atoms with Crippen molar-refractivity contribution in [2.45, 2.75) is 12.8 Å². The van der Waals surface area contributed by atoms with Gasteiger partial charge < -0.3 is 5.32 Å². The molecule has 0 fully saturated rings. The summed E-state index contributed by atoms with van der Waals surface area (Å²) < 4.78 is 26.1. The predicted molar refractivity (Wildman–Crippen MR) is 86.4 cm³/mol. The number of halogens is 2. The summed E-state index contributed by atoms with van der Waals surface area (Å²) in [5.41, 5.74) is 2.95. The molecule has 0 aliphatic heterocycles. The molecule has 2 aromatic rings. The maximum Gasteiger partial charge on any atom is 0.240 e. The first-order valence-electron chi connectivity index (χ1n) is 7.16. The number of nitrogens with zero attached hydrogens (tertiary/aromatic N) is 1.